The van der Waals surface area contributed by atoms with Gasteiger partial charge in [0.25, 0.3) is 5.91 Å². The summed E-state index contributed by atoms with van der Waals surface area (Å²) >= 11 is 17.7. The van der Waals surface area contributed by atoms with E-state index in [4.69, 9.17) is 44.3 Å². The summed E-state index contributed by atoms with van der Waals surface area (Å²) in [6, 6.07) is 7.06. The van der Waals surface area contributed by atoms with Crippen molar-refractivity contribution in [3.05, 3.63) is 45.4 Å². The fourth-order valence-electron chi connectivity index (χ4n) is 2.11. The average molecular weight is 468 g/mol. The van der Waals surface area contributed by atoms with Gasteiger partial charge in [0, 0.05) is 25.8 Å². The molecule has 0 heterocycles. The number of amides is 1. The number of nitrogens with zero attached hydrogens (tertiary/aromatic N) is 1. The SMILES string of the molecule is COc1ccc(NC(=O)COc2cc(Cl)c(Cl)cc2Cl)cc1S(=O)(=O)N(C)C. The zero-order valence-corrected chi connectivity index (χ0v) is 18.2. The molecule has 28 heavy (non-hydrogen) atoms. The van der Waals surface area contributed by atoms with E-state index >= 15 is 0 Å². The Bertz CT molecular complexity index is 997. The Hall–Kier alpha value is -1.71. The van der Waals surface area contributed by atoms with Gasteiger partial charge in [-0.2, -0.15) is 0 Å². The van der Waals surface area contributed by atoms with E-state index in [1.807, 2.05) is 0 Å². The topological polar surface area (TPSA) is 84.9 Å². The van der Waals surface area contributed by atoms with Crippen LogP contribution in [0.1, 0.15) is 0 Å². The monoisotopic (exact) mass is 466 g/mol. The lowest BCUT2D eigenvalue weighted by atomic mass is 10.3. The zero-order valence-electron chi connectivity index (χ0n) is 15.1. The Balaban J connectivity index is 2.15. The van der Waals surface area contributed by atoms with Gasteiger partial charge >= 0.3 is 0 Å². The van der Waals surface area contributed by atoms with Crippen LogP contribution in [0.3, 0.4) is 0 Å². The van der Waals surface area contributed by atoms with E-state index in [2.05, 4.69) is 5.32 Å². The van der Waals surface area contributed by atoms with Gasteiger partial charge in [-0.3, -0.25) is 4.79 Å². The van der Waals surface area contributed by atoms with Gasteiger partial charge in [-0.25, -0.2) is 12.7 Å². The highest BCUT2D eigenvalue weighted by Gasteiger charge is 2.23. The van der Waals surface area contributed by atoms with Crippen LogP contribution in [-0.2, 0) is 14.8 Å². The smallest absolute Gasteiger partial charge is 0.262 e. The van der Waals surface area contributed by atoms with Gasteiger partial charge in [-0.15, -0.1) is 0 Å². The Morgan fingerprint density at radius 2 is 1.68 bits per heavy atom. The molecule has 0 aliphatic heterocycles. The van der Waals surface area contributed by atoms with Crippen molar-refractivity contribution in [2.45, 2.75) is 4.90 Å². The molecule has 0 spiro atoms. The first-order valence-electron chi connectivity index (χ1n) is 7.74. The lowest BCUT2D eigenvalue weighted by Crippen LogP contribution is -2.24. The number of hydrogen-bond acceptors (Lipinski definition) is 5. The van der Waals surface area contributed by atoms with Crippen LogP contribution in [0.15, 0.2) is 35.2 Å². The summed E-state index contributed by atoms with van der Waals surface area (Å²) in [6.07, 6.45) is 0. The molecule has 1 N–H and O–H groups in total. The molecule has 0 aromatic heterocycles. The molecule has 0 radical (unpaired) electrons. The Kier molecular flexibility index (Phi) is 7.41. The maximum Gasteiger partial charge on any atom is 0.262 e. The molecule has 2 aromatic rings. The molecule has 152 valence electrons. The van der Waals surface area contributed by atoms with E-state index in [-0.39, 0.29) is 43.8 Å². The van der Waals surface area contributed by atoms with Gasteiger partial charge < -0.3 is 14.8 Å². The lowest BCUT2D eigenvalue weighted by Gasteiger charge is -2.16. The molecule has 0 saturated carbocycles. The minimum Gasteiger partial charge on any atom is -0.495 e. The molecule has 0 aliphatic carbocycles. The molecule has 11 heteroatoms. The van der Waals surface area contributed by atoms with E-state index in [0.29, 0.717) is 0 Å². The van der Waals surface area contributed by atoms with E-state index in [0.717, 1.165) is 4.31 Å². The minimum atomic E-state index is -3.77. The maximum absolute atomic E-state index is 12.4. The summed E-state index contributed by atoms with van der Waals surface area (Å²) in [7, 11) is 0.387. The Morgan fingerprint density at radius 3 is 2.29 bits per heavy atom. The summed E-state index contributed by atoms with van der Waals surface area (Å²) < 4.78 is 36.4. The number of benzene rings is 2. The zero-order chi connectivity index (χ0) is 21.1. The second-order valence-electron chi connectivity index (χ2n) is 5.69. The largest absolute Gasteiger partial charge is 0.495 e. The minimum absolute atomic E-state index is 0.0776. The first kappa shape index (κ1) is 22.6. The Morgan fingerprint density at radius 1 is 1.04 bits per heavy atom. The number of hydrogen-bond donors (Lipinski definition) is 1. The van der Waals surface area contributed by atoms with E-state index in [9.17, 15) is 13.2 Å². The maximum atomic E-state index is 12.4. The second kappa shape index (κ2) is 9.19. The van der Waals surface area contributed by atoms with Crippen LogP contribution in [0.2, 0.25) is 15.1 Å². The number of nitrogens with one attached hydrogen (secondary N) is 1. The summed E-state index contributed by atoms with van der Waals surface area (Å²) in [6.45, 7) is -0.376. The van der Waals surface area contributed by atoms with Crippen molar-refractivity contribution in [3.8, 4) is 11.5 Å². The lowest BCUT2D eigenvalue weighted by molar-refractivity contribution is -0.118. The van der Waals surface area contributed by atoms with E-state index in [1.165, 1.54) is 51.5 Å². The van der Waals surface area contributed by atoms with Gasteiger partial charge in [-0.1, -0.05) is 34.8 Å². The number of methoxy groups -OCH3 is 1. The third-order valence-corrected chi connectivity index (χ3v) is 6.39. The summed E-state index contributed by atoms with van der Waals surface area (Å²) in [5, 5.41) is 3.25. The second-order valence-corrected chi connectivity index (χ2v) is 9.03. The number of carbonyl (C=O) groups excluding carboxylic acids is 1. The number of rotatable bonds is 7. The van der Waals surface area contributed by atoms with Crippen LogP contribution in [0, 0.1) is 0 Å². The van der Waals surface area contributed by atoms with Crippen molar-refractivity contribution in [1.29, 1.82) is 0 Å². The van der Waals surface area contributed by atoms with Gasteiger partial charge in [0.2, 0.25) is 10.0 Å². The van der Waals surface area contributed by atoms with Crippen LogP contribution >= 0.6 is 34.8 Å². The van der Waals surface area contributed by atoms with Gasteiger partial charge in [0.05, 0.1) is 22.2 Å². The number of halogens is 3. The summed E-state index contributed by atoms with van der Waals surface area (Å²) in [5.41, 5.74) is 0.259. The van der Waals surface area contributed by atoms with Crippen molar-refractivity contribution in [2.75, 3.05) is 33.1 Å². The predicted octanol–water partition coefficient (Wildman–Crippen LogP) is 3.92. The average Bonchev–Trinajstić information content (AvgIpc) is 2.63. The fraction of sp³-hybridized carbons (Fsp3) is 0.235. The molecule has 2 rings (SSSR count). The van der Waals surface area contributed by atoms with E-state index < -0.39 is 15.9 Å². The summed E-state index contributed by atoms with van der Waals surface area (Å²) in [5.74, 6) is -0.178. The number of anilines is 1. The highest BCUT2D eigenvalue weighted by atomic mass is 35.5. The van der Waals surface area contributed by atoms with Crippen molar-refractivity contribution >= 4 is 56.4 Å². The van der Waals surface area contributed by atoms with E-state index in [1.54, 1.807) is 0 Å². The number of ether oxygens (including phenoxy) is 2. The summed E-state index contributed by atoms with van der Waals surface area (Å²) in [4.78, 5) is 12.1. The van der Waals surface area contributed by atoms with Crippen molar-refractivity contribution in [1.82, 2.24) is 4.31 Å². The van der Waals surface area contributed by atoms with Crippen LogP contribution in [0.25, 0.3) is 0 Å². The van der Waals surface area contributed by atoms with Gasteiger partial charge in [0.15, 0.2) is 6.61 Å². The van der Waals surface area contributed by atoms with Gasteiger partial charge in [0.1, 0.15) is 16.4 Å². The Labute approximate surface area is 178 Å². The molecular formula is C17H17Cl3N2O5S. The van der Waals surface area contributed by atoms with Crippen molar-refractivity contribution < 1.29 is 22.7 Å². The van der Waals surface area contributed by atoms with Crippen molar-refractivity contribution in [3.63, 3.8) is 0 Å². The first-order valence-corrected chi connectivity index (χ1v) is 10.3. The van der Waals surface area contributed by atoms with Crippen LogP contribution in [0.4, 0.5) is 5.69 Å². The molecule has 0 atom stereocenters. The molecule has 2 aromatic carbocycles. The third-order valence-electron chi connectivity index (χ3n) is 3.54. The molecule has 0 fully saturated rings. The third kappa shape index (κ3) is 5.21. The van der Waals surface area contributed by atoms with Gasteiger partial charge in [-0.05, 0) is 24.3 Å². The molecular weight excluding hydrogens is 451 g/mol. The molecule has 0 bridgehead atoms. The van der Waals surface area contributed by atoms with Crippen LogP contribution in [0.5, 0.6) is 11.5 Å². The molecule has 0 saturated heterocycles. The normalized spacial score (nSPS) is 11.4. The fourth-order valence-corrected chi connectivity index (χ4v) is 3.77. The number of carbonyl (C=O) groups is 1. The molecule has 7 nitrogen and oxygen atoms in total. The number of sulfonamides is 1. The molecule has 0 unspecified atom stereocenters. The first-order chi connectivity index (χ1) is 13.1. The highest BCUT2D eigenvalue weighted by Crippen LogP contribution is 2.34. The molecule has 1 amide bonds. The standard InChI is InChI=1S/C17H17Cl3N2O5S/c1-22(2)28(24,25)16-6-10(4-5-14(16)26-3)21-17(23)9-27-15-8-12(19)11(18)7-13(15)20/h4-8H,9H2,1-3H3,(H,21,23). The van der Waals surface area contributed by atoms with Crippen molar-refractivity contribution in [2.24, 2.45) is 0 Å². The van der Waals surface area contributed by atoms with Crippen LogP contribution in [-0.4, -0.2) is 46.4 Å². The highest BCUT2D eigenvalue weighted by molar-refractivity contribution is 7.89. The quantitative estimate of drug-likeness (QED) is 0.624. The molecule has 0 aliphatic rings. The predicted molar refractivity (Wildman–Crippen MR) is 109 cm³/mol. The van der Waals surface area contributed by atoms with Crippen LogP contribution < -0.4 is 14.8 Å².